The molecular formula is C24H33N3O4. The molecule has 1 aliphatic rings. The number of fused-ring (bicyclic) bond motifs is 1. The van der Waals surface area contributed by atoms with Crippen molar-refractivity contribution in [2.24, 2.45) is 5.92 Å². The summed E-state index contributed by atoms with van der Waals surface area (Å²) < 4.78 is 6.63. The quantitative estimate of drug-likeness (QED) is 0.485. The number of aryl methyl sites for hydroxylation is 1. The van der Waals surface area contributed by atoms with Crippen LogP contribution >= 0.6 is 0 Å². The van der Waals surface area contributed by atoms with E-state index in [1.165, 1.54) is 11.1 Å². The molecule has 1 fully saturated rings. The van der Waals surface area contributed by atoms with Crippen molar-refractivity contribution in [1.82, 2.24) is 15.1 Å². The second kappa shape index (κ2) is 11.1. The molecule has 1 amide bonds. The first kappa shape index (κ1) is 23.0. The minimum atomic E-state index is -0.689. The minimum absolute atomic E-state index is 0.0736. The molecular weight excluding hydrogens is 394 g/mol. The van der Waals surface area contributed by atoms with E-state index in [1.54, 1.807) is 24.3 Å². The maximum absolute atomic E-state index is 12.8. The highest BCUT2D eigenvalue weighted by atomic mass is 16.5. The second-order valence-electron chi connectivity index (χ2n) is 8.50. The standard InChI is InChI=1S/C24H33N3O4/c1-3-4-5-10-15-27-23(29)19-13-8-7-12-18(19)22(26-27)24(30)31-16-21(28)25-20-14-9-6-11-17(20)2/h7-8,12-13,17,20H,3-6,9-11,14-16H2,1-2H3,(H,25,28)/t17-,20+/m1/s1. The maximum Gasteiger partial charge on any atom is 0.359 e. The van der Waals surface area contributed by atoms with Crippen molar-refractivity contribution in [3.63, 3.8) is 0 Å². The van der Waals surface area contributed by atoms with Crippen LogP contribution in [0.3, 0.4) is 0 Å². The highest BCUT2D eigenvalue weighted by molar-refractivity contribution is 6.02. The van der Waals surface area contributed by atoms with Crippen LogP contribution in [-0.4, -0.2) is 34.3 Å². The summed E-state index contributed by atoms with van der Waals surface area (Å²) in [6, 6.07) is 7.02. The summed E-state index contributed by atoms with van der Waals surface area (Å²) in [5, 5.41) is 8.16. The molecule has 7 nitrogen and oxygen atoms in total. The Hall–Kier alpha value is -2.70. The van der Waals surface area contributed by atoms with Crippen LogP contribution in [-0.2, 0) is 16.1 Å². The van der Waals surface area contributed by atoms with Gasteiger partial charge in [0.1, 0.15) is 0 Å². The Bertz CT molecular complexity index is 969. The number of amides is 1. The molecule has 3 rings (SSSR count). The van der Waals surface area contributed by atoms with Gasteiger partial charge >= 0.3 is 5.97 Å². The van der Waals surface area contributed by atoms with Crippen LogP contribution in [0.25, 0.3) is 10.8 Å². The van der Waals surface area contributed by atoms with Gasteiger partial charge in [-0.25, -0.2) is 9.48 Å². The molecule has 2 atom stereocenters. The number of nitrogens with zero attached hydrogens (tertiary/aromatic N) is 2. The molecule has 1 aromatic heterocycles. The maximum atomic E-state index is 12.8. The van der Waals surface area contributed by atoms with Crippen molar-refractivity contribution in [3.05, 3.63) is 40.3 Å². The fourth-order valence-corrected chi connectivity index (χ4v) is 4.20. The summed E-state index contributed by atoms with van der Waals surface area (Å²) in [5.74, 6) is -0.565. The largest absolute Gasteiger partial charge is 0.451 e. The van der Waals surface area contributed by atoms with E-state index in [-0.39, 0.29) is 29.8 Å². The van der Waals surface area contributed by atoms with Gasteiger partial charge in [0.15, 0.2) is 12.3 Å². The van der Waals surface area contributed by atoms with Gasteiger partial charge in [0.25, 0.3) is 11.5 Å². The molecule has 0 unspecified atom stereocenters. The van der Waals surface area contributed by atoms with E-state index in [9.17, 15) is 14.4 Å². The molecule has 31 heavy (non-hydrogen) atoms. The van der Waals surface area contributed by atoms with E-state index in [0.717, 1.165) is 44.9 Å². The van der Waals surface area contributed by atoms with Crippen molar-refractivity contribution < 1.29 is 14.3 Å². The van der Waals surface area contributed by atoms with Crippen LogP contribution in [0.4, 0.5) is 0 Å². The van der Waals surface area contributed by atoms with Gasteiger partial charge < -0.3 is 10.1 Å². The first-order valence-corrected chi connectivity index (χ1v) is 11.5. The highest BCUT2D eigenvalue weighted by Gasteiger charge is 2.24. The predicted molar refractivity (Wildman–Crippen MR) is 120 cm³/mol. The van der Waals surface area contributed by atoms with E-state index in [4.69, 9.17) is 4.74 Å². The minimum Gasteiger partial charge on any atom is -0.451 e. The van der Waals surface area contributed by atoms with Gasteiger partial charge in [-0.1, -0.05) is 64.2 Å². The molecule has 1 aliphatic carbocycles. The fraction of sp³-hybridized carbons (Fsp3) is 0.583. The van der Waals surface area contributed by atoms with Crippen molar-refractivity contribution in [1.29, 1.82) is 0 Å². The fourth-order valence-electron chi connectivity index (χ4n) is 4.20. The van der Waals surface area contributed by atoms with Gasteiger partial charge in [0.2, 0.25) is 0 Å². The smallest absolute Gasteiger partial charge is 0.359 e. The molecule has 1 aromatic carbocycles. The molecule has 2 aromatic rings. The Morgan fingerprint density at radius 3 is 2.61 bits per heavy atom. The van der Waals surface area contributed by atoms with Gasteiger partial charge in [-0.05, 0) is 31.2 Å². The molecule has 0 radical (unpaired) electrons. The monoisotopic (exact) mass is 427 g/mol. The third kappa shape index (κ3) is 5.93. The summed E-state index contributed by atoms with van der Waals surface area (Å²) in [5.41, 5.74) is -0.141. The predicted octanol–water partition coefficient (Wildman–Crippen LogP) is 3.83. The molecule has 0 saturated heterocycles. The average Bonchev–Trinajstić information content (AvgIpc) is 2.78. The van der Waals surface area contributed by atoms with Crippen molar-refractivity contribution >= 4 is 22.6 Å². The van der Waals surface area contributed by atoms with Crippen LogP contribution in [0.2, 0.25) is 0 Å². The van der Waals surface area contributed by atoms with E-state index >= 15 is 0 Å². The number of unbranched alkanes of at least 4 members (excludes halogenated alkanes) is 3. The van der Waals surface area contributed by atoms with Gasteiger partial charge in [0.05, 0.1) is 5.39 Å². The first-order valence-electron chi connectivity index (χ1n) is 11.5. The molecule has 1 heterocycles. The third-order valence-electron chi connectivity index (χ3n) is 6.08. The summed E-state index contributed by atoms with van der Waals surface area (Å²) >= 11 is 0. The number of hydrogen-bond donors (Lipinski definition) is 1. The zero-order valence-electron chi connectivity index (χ0n) is 18.6. The first-order chi connectivity index (χ1) is 15.0. The number of rotatable bonds is 9. The normalized spacial score (nSPS) is 18.6. The van der Waals surface area contributed by atoms with Gasteiger partial charge in [-0.3, -0.25) is 9.59 Å². The number of carbonyl (C=O) groups is 2. The third-order valence-corrected chi connectivity index (χ3v) is 6.08. The number of carbonyl (C=O) groups excluding carboxylic acids is 2. The number of ether oxygens (including phenoxy) is 1. The number of hydrogen-bond acceptors (Lipinski definition) is 5. The number of benzene rings is 1. The van der Waals surface area contributed by atoms with E-state index < -0.39 is 5.97 Å². The van der Waals surface area contributed by atoms with Crippen molar-refractivity contribution in [3.8, 4) is 0 Å². The molecule has 0 aliphatic heterocycles. The Balaban J connectivity index is 1.71. The lowest BCUT2D eigenvalue weighted by molar-refractivity contribution is -0.125. The van der Waals surface area contributed by atoms with Crippen LogP contribution in [0.15, 0.2) is 29.1 Å². The van der Waals surface area contributed by atoms with Crippen LogP contribution in [0.1, 0.15) is 75.7 Å². The van der Waals surface area contributed by atoms with Crippen molar-refractivity contribution in [2.75, 3.05) is 6.61 Å². The van der Waals surface area contributed by atoms with Crippen LogP contribution in [0.5, 0.6) is 0 Å². The van der Waals surface area contributed by atoms with Crippen molar-refractivity contribution in [2.45, 2.75) is 77.8 Å². The average molecular weight is 428 g/mol. The molecule has 1 saturated carbocycles. The highest BCUT2D eigenvalue weighted by Crippen LogP contribution is 2.23. The lowest BCUT2D eigenvalue weighted by Crippen LogP contribution is -2.43. The number of esters is 1. The summed E-state index contributed by atoms with van der Waals surface area (Å²) in [6.45, 7) is 4.35. The van der Waals surface area contributed by atoms with Crippen LogP contribution in [0, 0.1) is 5.92 Å². The van der Waals surface area contributed by atoms with Crippen LogP contribution < -0.4 is 10.9 Å². The molecule has 168 valence electrons. The number of nitrogens with one attached hydrogen (secondary N) is 1. The lowest BCUT2D eigenvalue weighted by Gasteiger charge is -2.29. The summed E-state index contributed by atoms with van der Waals surface area (Å²) in [7, 11) is 0. The molecule has 7 heteroatoms. The molecule has 1 N–H and O–H groups in total. The Labute approximate surface area is 183 Å². The second-order valence-corrected chi connectivity index (χ2v) is 8.50. The van der Waals surface area contributed by atoms with E-state index in [0.29, 0.717) is 23.2 Å². The van der Waals surface area contributed by atoms with Gasteiger partial charge in [-0.15, -0.1) is 0 Å². The Morgan fingerprint density at radius 2 is 1.87 bits per heavy atom. The Morgan fingerprint density at radius 1 is 1.13 bits per heavy atom. The Kier molecular flexibility index (Phi) is 8.20. The lowest BCUT2D eigenvalue weighted by atomic mass is 9.86. The zero-order valence-corrected chi connectivity index (χ0v) is 18.6. The number of aromatic nitrogens is 2. The SMILES string of the molecule is CCCCCCn1nc(C(=O)OCC(=O)N[C@H]2CCCC[C@H]2C)c2ccccc2c1=O. The molecule has 0 spiro atoms. The topological polar surface area (TPSA) is 90.3 Å². The zero-order chi connectivity index (χ0) is 22.2. The summed E-state index contributed by atoms with van der Waals surface area (Å²) in [6.07, 6.45) is 8.34. The van der Waals surface area contributed by atoms with Gasteiger partial charge in [-0.2, -0.15) is 5.10 Å². The van der Waals surface area contributed by atoms with E-state index in [2.05, 4.69) is 24.3 Å². The van der Waals surface area contributed by atoms with Gasteiger partial charge in [0, 0.05) is 18.0 Å². The molecule has 0 bridgehead atoms. The summed E-state index contributed by atoms with van der Waals surface area (Å²) in [4.78, 5) is 37.9. The van der Waals surface area contributed by atoms with E-state index in [1.807, 2.05) is 0 Å².